The molecule has 276 valence electrons. The minimum Gasteiger partial charge on any atom is -0.501 e. The number of nitrogens with zero attached hydrogens (tertiary/aromatic N) is 5. The van der Waals surface area contributed by atoms with Gasteiger partial charge in [-0.25, -0.2) is 4.98 Å². The Morgan fingerprint density at radius 2 is 1.51 bits per heavy atom. The fourth-order valence-corrected chi connectivity index (χ4v) is 7.88. The van der Waals surface area contributed by atoms with Crippen LogP contribution in [0.3, 0.4) is 0 Å². The van der Waals surface area contributed by atoms with E-state index in [0.29, 0.717) is 33.3 Å². The summed E-state index contributed by atoms with van der Waals surface area (Å²) in [6, 6.07) is 16.6. The Morgan fingerprint density at radius 3 is 2.08 bits per heavy atom. The van der Waals surface area contributed by atoms with Crippen LogP contribution in [0.5, 0.6) is 0 Å². The molecule has 3 heterocycles. The second-order valence-corrected chi connectivity index (χ2v) is 27.3. The van der Waals surface area contributed by atoms with Gasteiger partial charge in [0.05, 0.1) is 36.6 Å². The molecule has 51 heavy (non-hydrogen) atoms. The highest BCUT2D eigenvalue weighted by Crippen LogP contribution is 2.40. The smallest absolute Gasteiger partial charge is 0.165 e. The van der Waals surface area contributed by atoms with Crippen molar-refractivity contribution in [3.63, 3.8) is 0 Å². The van der Waals surface area contributed by atoms with Crippen LogP contribution in [0.2, 0.25) is 51.4 Å². The average molecular weight is 730 g/mol. The van der Waals surface area contributed by atoms with Crippen molar-refractivity contribution in [2.45, 2.75) is 96.0 Å². The molecule has 0 radical (unpaired) electrons. The molecule has 5 rings (SSSR count). The summed E-state index contributed by atoms with van der Waals surface area (Å²) < 4.78 is 26.5. The van der Waals surface area contributed by atoms with Gasteiger partial charge in [-0.15, -0.1) is 0 Å². The fraction of sp³-hybridized carbons (Fsp3) is 0.525. The van der Waals surface area contributed by atoms with Gasteiger partial charge in [-0.2, -0.15) is 9.61 Å². The quantitative estimate of drug-likeness (QED) is 0.0434. The molecule has 9 nitrogen and oxygen atoms in total. The molecule has 11 heteroatoms. The van der Waals surface area contributed by atoms with E-state index < -0.39 is 16.1 Å². The van der Waals surface area contributed by atoms with Crippen LogP contribution in [0.4, 0.5) is 5.82 Å². The molecular formula is C40H59N5O4Si2. The maximum Gasteiger partial charge on any atom is 0.165 e. The largest absolute Gasteiger partial charge is 0.501 e. The summed E-state index contributed by atoms with van der Waals surface area (Å²) in [4.78, 5) is 12.5. The van der Waals surface area contributed by atoms with Crippen molar-refractivity contribution in [1.82, 2.24) is 19.6 Å². The first-order valence-corrected chi connectivity index (χ1v) is 26.0. The normalized spacial score (nSPS) is 17.0. The van der Waals surface area contributed by atoms with Crippen LogP contribution in [0.1, 0.15) is 49.8 Å². The van der Waals surface area contributed by atoms with Crippen molar-refractivity contribution in [1.29, 1.82) is 0 Å². The topological polar surface area (TPSA) is 83.2 Å². The molecule has 1 fully saturated rings. The minimum atomic E-state index is -1.28. The number of hydrogen-bond acceptors (Lipinski definition) is 8. The molecule has 1 aromatic carbocycles. The molecular weight excluding hydrogens is 671 g/mol. The molecule has 3 aromatic heterocycles. The first kappa shape index (κ1) is 38.9. The molecule has 0 saturated heterocycles. The summed E-state index contributed by atoms with van der Waals surface area (Å²) in [6.07, 6.45) is 12.0. The average Bonchev–Trinajstić information content (AvgIpc) is 3.54. The number of methoxy groups -OCH3 is 1. The van der Waals surface area contributed by atoms with E-state index in [-0.39, 0.29) is 12.0 Å². The molecule has 4 aromatic rings. The first-order valence-electron chi connectivity index (χ1n) is 18.6. The Bertz CT molecular complexity index is 1670. The third-order valence-electron chi connectivity index (χ3n) is 9.51. The third kappa shape index (κ3) is 10.8. The van der Waals surface area contributed by atoms with Gasteiger partial charge in [0, 0.05) is 70.8 Å². The van der Waals surface area contributed by atoms with E-state index in [1.807, 2.05) is 49.1 Å². The number of hydrogen-bond donors (Lipinski definition) is 0. The van der Waals surface area contributed by atoms with E-state index >= 15 is 0 Å². The van der Waals surface area contributed by atoms with Gasteiger partial charge in [0.15, 0.2) is 5.65 Å². The molecule has 0 atom stereocenters. The van der Waals surface area contributed by atoms with Gasteiger partial charge in [-0.05, 0) is 56.8 Å². The Hall–Kier alpha value is -3.36. The SMILES string of the molecule is CCO/C=C\c1c(C2CCC(OC)CC2)nc2c(-c3ccc(-c4ccccc4)nc3)cnn2c1N(COCC[Si](C)(C)C)COCC[Si](C)(C)C. The number of fused-ring (bicyclic) bond motifs is 1. The van der Waals surface area contributed by atoms with Crippen LogP contribution in [-0.2, 0) is 18.9 Å². The molecule has 0 N–H and O–H groups in total. The minimum absolute atomic E-state index is 0.255. The van der Waals surface area contributed by atoms with E-state index in [9.17, 15) is 0 Å². The Balaban J connectivity index is 1.63. The van der Waals surface area contributed by atoms with Gasteiger partial charge in [0.1, 0.15) is 19.3 Å². The van der Waals surface area contributed by atoms with E-state index in [2.05, 4.69) is 74.5 Å². The lowest BCUT2D eigenvalue weighted by Crippen LogP contribution is -2.34. The van der Waals surface area contributed by atoms with E-state index in [1.165, 1.54) is 0 Å². The van der Waals surface area contributed by atoms with Gasteiger partial charge in [-0.1, -0.05) is 75.7 Å². The van der Waals surface area contributed by atoms with E-state index in [1.54, 1.807) is 6.26 Å². The van der Waals surface area contributed by atoms with Gasteiger partial charge in [0.25, 0.3) is 0 Å². The van der Waals surface area contributed by atoms with Crippen molar-refractivity contribution < 1.29 is 18.9 Å². The van der Waals surface area contributed by atoms with Gasteiger partial charge >= 0.3 is 0 Å². The molecule has 0 bridgehead atoms. The van der Waals surface area contributed by atoms with Gasteiger partial charge < -0.3 is 23.8 Å². The van der Waals surface area contributed by atoms with Crippen molar-refractivity contribution in [3.05, 3.63) is 72.4 Å². The zero-order valence-corrected chi connectivity index (χ0v) is 34.2. The number of rotatable bonds is 18. The number of benzene rings is 1. The van der Waals surface area contributed by atoms with E-state index in [0.717, 1.165) is 82.9 Å². The zero-order chi connectivity index (χ0) is 36.4. The molecule has 0 spiro atoms. The van der Waals surface area contributed by atoms with Gasteiger partial charge in [0.2, 0.25) is 0 Å². The van der Waals surface area contributed by atoms with Crippen molar-refractivity contribution in [2.24, 2.45) is 0 Å². The highest BCUT2D eigenvalue weighted by Gasteiger charge is 2.30. The highest BCUT2D eigenvalue weighted by molar-refractivity contribution is 6.76. The summed E-state index contributed by atoms with van der Waals surface area (Å²) in [5.41, 5.74) is 6.77. The molecule has 1 aliphatic carbocycles. The monoisotopic (exact) mass is 729 g/mol. The van der Waals surface area contributed by atoms with Crippen LogP contribution < -0.4 is 4.90 Å². The zero-order valence-electron chi connectivity index (χ0n) is 32.2. The summed E-state index contributed by atoms with van der Waals surface area (Å²) in [7, 11) is -0.737. The standard InChI is InChI=1S/C40H59N5O4Si2/c1-9-47-22-21-35-38(32-15-18-34(46-2)19-16-32)43-39-36(33-17-20-37(41-27-33)31-13-11-10-12-14-31)28-42-45(39)40(35)44(29-48-23-25-50(3,4)5)30-49-24-26-51(6,7)8/h10-14,17,20-22,27-28,32,34H,9,15-16,18-19,23-26,29-30H2,1-8H3/b22-21-. The predicted molar refractivity (Wildman–Crippen MR) is 215 cm³/mol. The summed E-state index contributed by atoms with van der Waals surface area (Å²) in [5.74, 6) is 1.16. The lowest BCUT2D eigenvalue weighted by atomic mass is 9.83. The van der Waals surface area contributed by atoms with Crippen LogP contribution >= 0.6 is 0 Å². The number of anilines is 1. The van der Waals surface area contributed by atoms with Crippen LogP contribution in [-0.4, -0.2) is 82.2 Å². The first-order chi connectivity index (χ1) is 24.5. The maximum atomic E-state index is 6.46. The highest BCUT2D eigenvalue weighted by atomic mass is 28.3. The van der Waals surface area contributed by atoms with Crippen LogP contribution in [0.25, 0.3) is 34.1 Å². The van der Waals surface area contributed by atoms with Crippen LogP contribution in [0, 0.1) is 0 Å². The lowest BCUT2D eigenvalue weighted by molar-refractivity contribution is 0.0655. The number of aromatic nitrogens is 4. The second-order valence-electron chi connectivity index (χ2n) is 16.0. The molecule has 1 aliphatic rings. The molecule has 0 amide bonds. The fourth-order valence-electron chi connectivity index (χ4n) is 6.37. The number of ether oxygens (including phenoxy) is 4. The number of pyridine rings is 1. The Morgan fingerprint density at radius 1 is 0.843 bits per heavy atom. The Kier molecular flexibility index (Phi) is 13.7. The third-order valence-corrected chi connectivity index (χ3v) is 12.9. The van der Waals surface area contributed by atoms with Crippen molar-refractivity contribution in [2.75, 3.05) is 45.3 Å². The maximum absolute atomic E-state index is 6.46. The van der Waals surface area contributed by atoms with Gasteiger partial charge in [-0.3, -0.25) is 4.98 Å². The summed E-state index contributed by atoms with van der Waals surface area (Å²) in [5, 5.41) is 5.02. The van der Waals surface area contributed by atoms with Crippen molar-refractivity contribution in [3.8, 4) is 22.4 Å². The van der Waals surface area contributed by atoms with E-state index in [4.69, 9.17) is 34.0 Å². The molecule has 0 aliphatic heterocycles. The summed E-state index contributed by atoms with van der Waals surface area (Å²) in [6.45, 7) is 19.0. The van der Waals surface area contributed by atoms with Crippen molar-refractivity contribution >= 4 is 33.7 Å². The second kappa shape index (κ2) is 17.9. The summed E-state index contributed by atoms with van der Waals surface area (Å²) >= 11 is 0. The molecule has 0 unspecified atom stereocenters. The van der Waals surface area contributed by atoms with Crippen LogP contribution in [0.15, 0.2) is 61.1 Å². The predicted octanol–water partition coefficient (Wildman–Crippen LogP) is 9.57. The molecule has 1 saturated carbocycles. The lowest BCUT2D eigenvalue weighted by Gasteiger charge is -2.31. The Labute approximate surface area is 307 Å².